The number of carbonyl (C=O) groups excluding carboxylic acids is 1. The van der Waals surface area contributed by atoms with Crippen LogP contribution in [0.25, 0.3) is 6.08 Å². The Kier molecular flexibility index (Phi) is 3.42. The topological polar surface area (TPSA) is 83.7 Å². The lowest BCUT2D eigenvalue weighted by Crippen LogP contribution is -2.30. The van der Waals surface area contributed by atoms with Crippen LogP contribution in [0.15, 0.2) is 23.1 Å². The average Bonchev–Trinajstić information content (AvgIpc) is 3.20. The minimum atomic E-state index is -0.549. The van der Waals surface area contributed by atoms with Gasteiger partial charge in [0.2, 0.25) is 0 Å². The summed E-state index contributed by atoms with van der Waals surface area (Å²) in [5.41, 5.74) is 0.0946. The van der Waals surface area contributed by atoms with Crippen molar-refractivity contribution in [1.82, 2.24) is 4.90 Å². The van der Waals surface area contributed by atoms with Crippen LogP contribution in [0.2, 0.25) is 0 Å². The van der Waals surface area contributed by atoms with Crippen LogP contribution in [0.5, 0.6) is 5.75 Å². The highest BCUT2D eigenvalue weighted by Gasteiger charge is 2.42. The van der Waals surface area contributed by atoms with Crippen LogP contribution < -0.4 is 0 Å². The van der Waals surface area contributed by atoms with Gasteiger partial charge in [-0.2, -0.15) is 0 Å². The van der Waals surface area contributed by atoms with Crippen LogP contribution in [0.3, 0.4) is 0 Å². The third kappa shape index (κ3) is 2.64. The molecule has 1 N–H and O–H groups in total. The summed E-state index contributed by atoms with van der Waals surface area (Å²) in [6.07, 6.45) is 3.34. The Balaban J connectivity index is 1.95. The molecule has 1 aliphatic carbocycles. The number of non-ortho nitro benzene ring substituents is 1. The molecule has 1 saturated heterocycles. The van der Waals surface area contributed by atoms with Crippen LogP contribution in [0.4, 0.5) is 5.69 Å². The normalized spacial score (nSPS) is 20.4. The number of phenols is 1. The molecule has 3 rings (SSSR count). The summed E-state index contributed by atoms with van der Waals surface area (Å²) in [5.74, 6) is -0.310. The van der Waals surface area contributed by atoms with Gasteiger partial charge in [-0.3, -0.25) is 19.8 Å². The molecule has 1 aromatic rings. The summed E-state index contributed by atoms with van der Waals surface area (Å²) in [5, 5.41) is 20.6. The first kappa shape index (κ1) is 14.0. The number of nitro benzene ring substituents is 1. The summed E-state index contributed by atoms with van der Waals surface area (Å²) in [6.45, 7) is 0. The number of nitrogens with zero attached hydrogens (tertiary/aromatic N) is 2. The number of phenolic OH excluding ortho intramolecular Hbond substituents is 1. The largest absolute Gasteiger partial charge is 0.507 e. The maximum Gasteiger partial charge on any atom is 0.270 e. The summed E-state index contributed by atoms with van der Waals surface area (Å²) >= 11 is 6.34. The van der Waals surface area contributed by atoms with Gasteiger partial charge in [0.15, 0.2) is 0 Å². The molecule has 0 atom stereocenters. The van der Waals surface area contributed by atoms with E-state index in [-0.39, 0.29) is 28.9 Å². The quantitative estimate of drug-likeness (QED) is 0.399. The second-order valence-electron chi connectivity index (χ2n) is 4.78. The maximum absolute atomic E-state index is 12.3. The zero-order chi connectivity index (χ0) is 15.1. The Morgan fingerprint density at radius 3 is 2.81 bits per heavy atom. The molecule has 0 unspecified atom stereocenters. The number of thioether (sulfide) groups is 1. The summed E-state index contributed by atoms with van der Waals surface area (Å²) in [6, 6.07) is 3.87. The standard InChI is InChI=1S/C13H10N2O4S2/c16-10-4-3-9(15(18)19)5-7(10)6-11-12(17)14(8-1-2-8)13(20)21-11/h3-6,8,16H,1-2H2. The van der Waals surface area contributed by atoms with Gasteiger partial charge in [0.05, 0.1) is 9.83 Å². The van der Waals surface area contributed by atoms with E-state index in [9.17, 15) is 20.0 Å². The molecule has 21 heavy (non-hydrogen) atoms. The number of hydrogen-bond donors (Lipinski definition) is 1. The molecule has 0 bridgehead atoms. The van der Waals surface area contributed by atoms with E-state index >= 15 is 0 Å². The second kappa shape index (κ2) is 5.12. The van der Waals surface area contributed by atoms with Crippen molar-refractivity contribution >= 4 is 46.0 Å². The molecule has 2 fully saturated rings. The van der Waals surface area contributed by atoms with Crippen molar-refractivity contribution in [2.75, 3.05) is 0 Å². The number of aromatic hydroxyl groups is 1. The average molecular weight is 322 g/mol. The van der Waals surface area contributed by atoms with Crippen molar-refractivity contribution in [1.29, 1.82) is 0 Å². The molecule has 108 valence electrons. The van der Waals surface area contributed by atoms with E-state index in [0.717, 1.165) is 24.6 Å². The van der Waals surface area contributed by atoms with Crippen LogP contribution in [0.1, 0.15) is 18.4 Å². The lowest BCUT2D eigenvalue weighted by atomic mass is 10.1. The molecule has 1 amide bonds. The fourth-order valence-corrected chi connectivity index (χ4v) is 3.43. The van der Waals surface area contributed by atoms with Gasteiger partial charge in [0.1, 0.15) is 10.1 Å². The highest BCUT2D eigenvalue weighted by Crippen LogP contribution is 2.40. The molecule has 1 aliphatic heterocycles. The van der Waals surface area contributed by atoms with Crippen molar-refractivity contribution in [2.45, 2.75) is 18.9 Å². The van der Waals surface area contributed by atoms with Crippen LogP contribution >= 0.6 is 24.0 Å². The SMILES string of the molecule is O=C1C(=Cc2cc([N+](=O)[O-])ccc2O)SC(=S)N1C1CC1. The monoisotopic (exact) mass is 322 g/mol. The first-order valence-electron chi connectivity index (χ1n) is 6.22. The zero-order valence-electron chi connectivity index (χ0n) is 10.7. The minimum absolute atomic E-state index is 0.114. The first-order valence-corrected chi connectivity index (χ1v) is 7.44. The molecule has 8 heteroatoms. The number of rotatable bonds is 3. The maximum atomic E-state index is 12.3. The smallest absolute Gasteiger partial charge is 0.270 e. The van der Waals surface area contributed by atoms with Crippen molar-refractivity contribution in [3.63, 3.8) is 0 Å². The lowest BCUT2D eigenvalue weighted by molar-refractivity contribution is -0.384. The molecular formula is C13H10N2O4S2. The van der Waals surface area contributed by atoms with Crippen LogP contribution in [-0.2, 0) is 4.79 Å². The summed E-state index contributed by atoms with van der Waals surface area (Å²) in [4.78, 5) is 24.4. The van der Waals surface area contributed by atoms with Crippen molar-refractivity contribution in [3.8, 4) is 5.75 Å². The van der Waals surface area contributed by atoms with Crippen LogP contribution in [-0.4, -0.2) is 31.2 Å². The molecule has 1 heterocycles. The highest BCUT2D eigenvalue weighted by molar-refractivity contribution is 8.26. The summed E-state index contributed by atoms with van der Waals surface area (Å²) in [7, 11) is 0. The van der Waals surface area contributed by atoms with E-state index in [2.05, 4.69) is 0 Å². The number of carbonyl (C=O) groups is 1. The predicted octanol–water partition coefficient (Wildman–Crippen LogP) is 2.66. The molecule has 2 aliphatic rings. The minimum Gasteiger partial charge on any atom is -0.507 e. The van der Waals surface area contributed by atoms with Crippen molar-refractivity contribution in [3.05, 3.63) is 38.8 Å². The van der Waals surface area contributed by atoms with E-state index < -0.39 is 4.92 Å². The number of thiocarbonyl (C=S) groups is 1. The number of nitro groups is 1. The van der Waals surface area contributed by atoms with Gasteiger partial charge in [-0.25, -0.2) is 0 Å². The first-order chi connectivity index (χ1) is 9.97. The highest BCUT2D eigenvalue weighted by atomic mass is 32.2. The fourth-order valence-electron chi connectivity index (χ4n) is 2.04. The molecule has 0 aromatic heterocycles. The Bertz CT molecular complexity index is 697. The van der Waals surface area contributed by atoms with Gasteiger partial charge in [-0.15, -0.1) is 0 Å². The Labute approximate surface area is 129 Å². The van der Waals surface area contributed by atoms with Gasteiger partial charge < -0.3 is 5.11 Å². The third-order valence-electron chi connectivity index (χ3n) is 3.24. The molecule has 0 radical (unpaired) electrons. The number of benzene rings is 1. The van der Waals surface area contributed by atoms with E-state index in [1.165, 1.54) is 24.3 Å². The van der Waals surface area contributed by atoms with Gasteiger partial charge in [0, 0.05) is 23.7 Å². The lowest BCUT2D eigenvalue weighted by Gasteiger charge is -2.11. The molecular weight excluding hydrogens is 312 g/mol. The third-order valence-corrected chi connectivity index (χ3v) is 4.57. The van der Waals surface area contributed by atoms with Crippen LogP contribution in [0, 0.1) is 10.1 Å². The Hall–Kier alpha value is -1.93. The number of hydrogen-bond acceptors (Lipinski definition) is 6. The van der Waals surface area contributed by atoms with E-state index in [4.69, 9.17) is 12.2 Å². The van der Waals surface area contributed by atoms with Gasteiger partial charge in [0.25, 0.3) is 11.6 Å². The zero-order valence-corrected chi connectivity index (χ0v) is 12.3. The molecule has 1 aromatic carbocycles. The second-order valence-corrected chi connectivity index (χ2v) is 6.46. The summed E-state index contributed by atoms with van der Waals surface area (Å²) < 4.78 is 0.499. The van der Waals surface area contributed by atoms with Crippen molar-refractivity contribution < 1.29 is 14.8 Å². The van der Waals surface area contributed by atoms with E-state index in [1.807, 2.05) is 0 Å². The van der Waals surface area contributed by atoms with Gasteiger partial charge >= 0.3 is 0 Å². The molecule has 6 nitrogen and oxygen atoms in total. The van der Waals surface area contributed by atoms with Gasteiger partial charge in [-0.1, -0.05) is 24.0 Å². The van der Waals surface area contributed by atoms with Gasteiger partial charge in [-0.05, 0) is 25.0 Å². The molecule has 0 spiro atoms. The van der Waals surface area contributed by atoms with E-state index in [0.29, 0.717) is 9.23 Å². The van der Waals surface area contributed by atoms with E-state index in [1.54, 1.807) is 4.90 Å². The Morgan fingerprint density at radius 2 is 2.19 bits per heavy atom. The Morgan fingerprint density at radius 1 is 1.48 bits per heavy atom. The molecule has 1 saturated carbocycles. The van der Waals surface area contributed by atoms with Crippen molar-refractivity contribution in [2.24, 2.45) is 0 Å². The predicted molar refractivity (Wildman–Crippen MR) is 82.8 cm³/mol. The fraction of sp³-hybridized carbons (Fsp3) is 0.231. The number of amides is 1.